The molecule has 0 bridgehead atoms. The fraction of sp³-hybridized carbons (Fsp3) is 0.381. The van der Waals surface area contributed by atoms with E-state index in [1.54, 1.807) is 7.11 Å². The fourth-order valence-corrected chi connectivity index (χ4v) is 4.00. The smallest absolute Gasteiger partial charge is 0.247 e. The van der Waals surface area contributed by atoms with Gasteiger partial charge in [0.05, 0.1) is 12.8 Å². The minimum Gasteiger partial charge on any atom is -0.497 e. The van der Waals surface area contributed by atoms with E-state index in [4.69, 9.17) is 9.72 Å². The predicted molar refractivity (Wildman–Crippen MR) is 98.1 cm³/mol. The number of Topliss-reactive ketones (excluding diaryl/α,β-unsaturated/α-hetero) is 2. The van der Waals surface area contributed by atoms with Crippen molar-refractivity contribution in [2.75, 3.05) is 7.11 Å². The summed E-state index contributed by atoms with van der Waals surface area (Å²) in [5.74, 6) is 0.730. The van der Waals surface area contributed by atoms with Crippen LogP contribution in [-0.4, -0.2) is 28.2 Å². The Kier molecular flexibility index (Phi) is 4.02. The van der Waals surface area contributed by atoms with E-state index in [1.807, 2.05) is 34.9 Å². The van der Waals surface area contributed by atoms with Crippen LogP contribution in [0.25, 0.3) is 5.69 Å². The van der Waals surface area contributed by atoms with E-state index in [2.05, 4.69) is 19.9 Å². The van der Waals surface area contributed by atoms with Crippen LogP contribution >= 0.6 is 0 Å². The molecular formula is C21H22N2O3. The van der Waals surface area contributed by atoms with E-state index in [-0.39, 0.29) is 23.5 Å². The lowest BCUT2D eigenvalue weighted by Gasteiger charge is -2.30. The molecule has 0 aliphatic heterocycles. The van der Waals surface area contributed by atoms with Gasteiger partial charge in [-0.3, -0.25) is 14.2 Å². The molecule has 0 spiro atoms. The largest absolute Gasteiger partial charge is 0.497 e. The topological polar surface area (TPSA) is 61.2 Å². The Labute approximate surface area is 152 Å². The lowest BCUT2D eigenvalue weighted by molar-refractivity contribution is -0.119. The summed E-state index contributed by atoms with van der Waals surface area (Å²) in [6, 6.07) is 7.51. The van der Waals surface area contributed by atoms with E-state index in [0.717, 1.165) is 29.4 Å². The van der Waals surface area contributed by atoms with Crippen molar-refractivity contribution in [3.05, 3.63) is 53.6 Å². The number of carbonyl (C=O) groups is 2. The van der Waals surface area contributed by atoms with Crippen LogP contribution in [0.2, 0.25) is 0 Å². The Morgan fingerprint density at radius 1 is 1.08 bits per heavy atom. The third-order valence-electron chi connectivity index (χ3n) is 5.34. The van der Waals surface area contributed by atoms with Gasteiger partial charge in [-0.15, -0.1) is 0 Å². The predicted octanol–water partition coefficient (Wildman–Crippen LogP) is 3.82. The minimum atomic E-state index is -0.410. The molecule has 2 aromatic rings. The van der Waals surface area contributed by atoms with Crippen molar-refractivity contribution in [1.82, 2.24) is 9.55 Å². The van der Waals surface area contributed by atoms with Crippen molar-refractivity contribution in [3.63, 3.8) is 0 Å². The summed E-state index contributed by atoms with van der Waals surface area (Å²) < 4.78 is 7.10. The van der Waals surface area contributed by atoms with Gasteiger partial charge in [-0.1, -0.05) is 26.0 Å². The molecular weight excluding hydrogens is 328 g/mol. The Balaban J connectivity index is 1.94. The number of benzene rings is 1. The molecule has 4 rings (SSSR count). The molecule has 1 heterocycles. The van der Waals surface area contributed by atoms with Gasteiger partial charge in [-0.05, 0) is 37.1 Å². The average Bonchev–Trinajstić information content (AvgIpc) is 3.07. The second-order valence-corrected chi connectivity index (χ2v) is 7.24. The molecule has 26 heavy (non-hydrogen) atoms. The van der Waals surface area contributed by atoms with Gasteiger partial charge in [0.2, 0.25) is 11.6 Å². The van der Waals surface area contributed by atoms with Crippen LogP contribution in [0.1, 0.15) is 60.5 Å². The van der Waals surface area contributed by atoms with Gasteiger partial charge < -0.3 is 4.74 Å². The first-order valence-corrected chi connectivity index (χ1v) is 9.03. The number of carbonyl (C=O) groups excluding carboxylic acids is 2. The Bertz CT molecular complexity index is 906. The first-order chi connectivity index (χ1) is 12.5. The maximum atomic E-state index is 13.0. The van der Waals surface area contributed by atoms with Crippen LogP contribution in [0.4, 0.5) is 0 Å². The third kappa shape index (κ3) is 2.42. The van der Waals surface area contributed by atoms with Crippen LogP contribution in [0, 0.1) is 5.92 Å². The highest BCUT2D eigenvalue weighted by molar-refractivity contribution is 6.45. The SMILES string of the molecule is COc1ccc(-n2c(C(C)C)nc3c2C(=O)C(=O)C2CC=CCC32)cc1. The number of rotatable bonds is 3. The highest BCUT2D eigenvalue weighted by atomic mass is 16.5. The Hall–Kier alpha value is -2.69. The summed E-state index contributed by atoms with van der Waals surface area (Å²) in [7, 11) is 1.62. The van der Waals surface area contributed by atoms with E-state index < -0.39 is 5.78 Å². The van der Waals surface area contributed by atoms with Gasteiger partial charge in [0.1, 0.15) is 17.3 Å². The zero-order valence-electron chi connectivity index (χ0n) is 15.2. The van der Waals surface area contributed by atoms with Gasteiger partial charge in [-0.2, -0.15) is 0 Å². The van der Waals surface area contributed by atoms with Crippen molar-refractivity contribution < 1.29 is 14.3 Å². The van der Waals surface area contributed by atoms with Crippen molar-refractivity contribution in [2.45, 2.75) is 38.5 Å². The summed E-state index contributed by atoms with van der Waals surface area (Å²) in [4.78, 5) is 30.6. The zero-order valence-corrected chi connectivity index (χ0v) is 15.2. The zero-order chi connectivity index (χ0) is 18.4. The van der Waals surface area contributed by atoms with Crippen molar-refractivity contribution >= 4 is 11.6 Å². The third-order valence-corrected chi connectivity index (χ3v) is 5.34. The van der Waals surface area contributed by atoms with Crippen LogP contribution in [0.15, 0.2) is 36.4 Å². The molecule has 5 heteroatoms. The number of fused-ring (bicyclic) bond motifs is 3. The molecule has 2 unspecified atom stereocenters. The van der Waals surface area contributed by atoms with Crippen LogP contribution in [-0.2, 0) is 4.79 Å². The minimum absolute atomic E-state index is 0.00259. The number of hydrogen-bond donors (Lipinski definition) is 0. The number of allylic oxidation sites excluding steroid dienone is 2. The number of ether oxygens (including phenoxy) is 1. The second kappa shape index (κ2) is 6.24. The number of imidazole rings is 1. The first kappa shape index (κ1) is 16.8. The molecule has 0 radical (unpaired) electrons. The molecule has 5 nitrogen and oxygen atoms in total. The summed E-state index contributed by atoms with van der Waals surface area (Å²) in [6.07, 6.45) is 5.48. The number of nitrogens with zero attached hydrogens (tertiary/aromatic N) is 2. The van der Waals surface area contributed by atoms with Crippen LogP contribution < -0.4 is 4.74 Å². The molecule has 0 N–H and O–H groups in total. The van der Waals surface area contributed by atoms with Gasteiger partial charge in [0.15, 0.2) is 0 Å². The molecule has 1 aromatic carbocycles. The van der Waals surface area contributed by atoms with Gasteiger partial charge in [0, 0.05) is 23.4 Å². The first-order valence-electron chi connectivity index (χ1n) is 9.03. The molecule has 0 saturated carbocycles. The monoisotopic (exact) mass is 350 g/mol. The average molecular weight is 350 g/mol. The van der Waals surface area contributed by atoms with Gasteiger partial charge in [0.25, 0.3) is 0 Å². The quantitative estimate of drug-likeness (QED) is 0.624. The summed E-state index contributed by atoms with van der Waals surface area (Å²) in [5, 5.41) is 0. The molecule has 2 aliphatic rings. The van der Waals surface area contributed by atoms with Gasteiger partial charge >= 0.3 is 0 Å². The fourth-order valence-electron chi connectivity index (χ4n) is 4.00. The van der Waals surface area contributed by atoms with E-state index in [0.29, 0.717) is 12.1 Å². The number of hydrogen-bond acceptors (Lipinski definition) is 4. The van der Waals surface area contributed by atoms with Gasteiger partial charge in [-0.25, -0.2) is 4.98 Å². The lowest BCUT2D eigenvalue weighted by Crippen LogP contribution is -2.37. The summed E-state index contributed by atoms with van der Waals surface area (Å²) >= 11 is 0. The van der Waals surface area contributed by atoms with Crippen molar-refractivity contribution in [3.8, 4) is 11.4 Å². The molecule has 2 atom stereocenters. The van der Waals surface area contributed by atoms with E-state index >= 15 is 0 Å². The number of ketones is 2. The normalized spacial score (nSPS) is 21.7. The van der Waals surface area contributed by atoms with Crippen molar-refractivity contribution in [1.29, 1.82) is 0 Å². The number of methoxy groups -OCH3 is 1. The molecule has 0 fully saturated rings. The molecule has 134 valence electrons. The second-order valence-electron chi connectivity index (χ2n) is 7.24. The molecule has 0 amide bonds. The Morgan fingerprint density at radius 3 is 2.35 bits per heavy atom. The molecule has 0 saturated heterocycles. The van der Waals surface area contributed by atoms with E-state index in [9.17, 15) is 9.59 Å². The lowest BCUT2D eigenvalue weighted by atomic mass is 9.72. The highest BCUT2D eigenvalue weighted by Gasteiger charge is 2.45. The summed E-state index contributed by atoms with van der Waals surface area (Å²) in [6.45, 7) is 4.11. The maximum absolute atomic E-state index is 13.0. The Morgan fingerprint density at radius 2 is 1.73 bits per heavy atom. The number of aromatic nitrogens is 2. The van der Waals surface area contributed by atoms with E-state index in [1.165, 1.54) is 0 Å². The summed E-state index contributed by atoms with van der Waals surface area (Å²) in [5.41, 5.74) is 2.05. The maximum Gasteiger partial charge on any atom is 0.247 e. The molecule has 2 aliphatic carbocycles. The van der Waals surface area contributed by atoms with Crippen molar-refractivity contribution in [2.24, 2.45) is 5.92 Å². The molecule has 1 aromatic heterocycles. The van der Waals surface area contributed by atoms with Crippen LogP contribution in [0.3, 0.4) is 0 Å². The standard InChI is InChI=1S/C21H22N2O3/c1-12(2)21-22-17-15-6-4-5-7-16(15)19(24)20(25)18(17)23(21)13-8-10-14(26-3)11-9-13/h4-5,8-12,15-16H,6-7H2,1-3H3. The van der Waals surface area contributed by atoms with Crippen LogP contribution in [0.5, 0.6) is 5.75 Å². The highest BCUT2D eigenvalue weighted by Crippen LogP contribution is 2.42.